The quantitative estimate of drug-likeness (QED) is 0.271. The minimum atomic E-state index is -0.508. The molecule has 0 spiro atoms. The lowest BCUT2D eigenvalue weighted by atomic mass is 10.1. The standard InChI is InChI=1S/C23H40N6O2.HI/c1-23(2,3)31-22(30)27-20-9-7-19(8-10-20)11-12-25-21(24-4)26-13-16-29-15-6-14-28(5)17-18-29;/h7-10H,6,11-18H2,1-5H3,(H,27,30)(H2,24,25,26);1H. The number of halogens is 1. The number of ether oxygens (including phenoxy) is 1. The third-order valence-electron chi connectivity index (χ3n) is 5.06. The Morgan fingerprint density at radius 2 is 1.75 bits per heavy atom. The van der Waals surface area contributed by atoms with E-state index in [1.807, 2.05) is 45.0 Å². The van der Waals surface area contributed by atoms with Crippen LogP contribution in [0.15, 0.2) is 29.3 Å². The first-order valence-electron chi connectivity index (χ1n) is 11.2. The maximum Gasteiger partial charge on any atom is 0.412 e. The smallest absolute Gasteiger partial charge is 0.412 e. The number of amides is 1. The SMILES string of the molecule is CN=C(NCCc1ccc(NC(=O)OC(C)(C)C)cc1)NCCN1CCCN(C)CC1.I. The molecule has 1 aromatic carbocycles. The summed E-state index contributed by atoms with van der Waals surface area (Å²) in [6.07, 6.45) is 1.66. The summed E-state index contributed by atoms with van der Waals surface area (Å²) in [6, 6.07) is 7.82. The van der Waals surface area contributed by atoms with Crippen LogP contribution in [-0.4, -0.2) is 87.4 Å². The first kappa shape index (κ1) is 28.4. The van der Waals surface area contributed by atoms with Crippen LogP contribution in [-0.2, 0) is 11.2 Å². The van der Waals surface area contributed by atoms with Crippen LogP contribution < -0.4 is 16.0 Å². The van der Waals surface area contributed by atoms with Crippen molar-refractivity contribution in [1.82, 2.24) is 20.4 Å². The lowest BCUT2D eigenvalue weighted by molar-refractivity contribution is 0.0636. The average Bonchev–Trinajstić information content (AvgIpc) is 2.91. The number of carbonyl (C=O) groups is 1. The summed E-state index contributed by atoms with van der Waals surface area (Å²) in [6.45, 7) is 12.9. The molecule has 1 aromatic rings. The normalized spacial score (nSPS) is 16.0. The number of likely N-dealkylation sites (N-methyl/N-ethyl adjacent to an activating group) is 1. The van der Waals surface area contributed by atoms with Crippen LogP contribution in [0, 0.1) is 0 Å². The molecule has 1 aliphatic rings. The summed E-state index contributed by atoms with van der Waals surface area (Å²) in [7, 11) is 3.99. The molecule has 9 heteroatoms. The number of hydrogen-bond acceptors (Lipinski definition) is 5. The molecule has 1 aliphatic heterocycles. The van der Waals surface area contributed by atoms with Gasteiger partial charge in [-0.25, -0.2) is 4.79 Å². The number of benzene rings is 1. The highest BCUT2D eigenvalue weighted by atomic mass is 127. The van der Waals surface area contributed by atoms with Gasteiger partial charge in [-0.1, -0.05) is 12.1 Å². The van der Waals surface area contributed by atoms with Gasteiger partial charge in [0.05, 0.1) is 0 Å². The van der Waals surface area contributed by atoms with Crippen molar-refractivity contribution in [3.05, 3.63) is 29.8 Å². The van der Waals surface area contributed by atoms with Gasteiger partial charge in [-0.3, -0.25) is 10.3 Å². The molecular formula is C23H41IN6O2. The molecule has 32 heavy (non-hydrogen) atoms. The Kier molecular flexibility index (Phi) is 12.9. The monoisotopic (exact) mass is 560 g/mol. The van der Waals surface area contributed by atoms with Crippen molar-refractivity contribution in [3.63, 3.8) is 0 Å². The second-order valence-corrected chi connectivity index (χ2v) is 9.00. The Labute approximate surface area is 210 Å². The number of carbonyl (C=O) groups excluding carboxylic acids is 1. The lowest BCUT2D eigenvalue weighted by Gasteiger charge is -2.21. The van der Waals surface area contributed by atoms with Crippen molar-refractivity contribution in [2.45, 2.75) is 39.2 Å². The number of anilines is 1. The van der Waals surface area contributed by atoms with E-state index < -0.39 is 11.7 Å². The molecule has 1 fully saturated rings. The lowest BCUT2D eigenvalue weighted by Crippen LogP contribution is -2.42. The zero-order chi connectivity index (χ0) is 22.7. The van der Waals surface area contributed by atoms with Gasteiger partial charge < -0.3 is 25.2 Å². The summed E-state index contributed by atoms with van der Waals surface area (Å²) < 4.78 is 5.27. The zero-order valence-corrected chi connectivity index (χ0v) is 22.6. The maximum atomic E-state index is 11.8. The van der Waals surface area contributed by atoms with E-state index in [-0.39, 0.29) is 24.0 Å². The number of nitrogens with zero attached hydrogens (tertiary/aromatic N) is 3. The molecule has 0 unspecified atom stereocenters. The van der Waals surface area contributed by atoms with Crippen LogP contribution in [0.5, 0.6) is 0 Å². The van der Waals surface area contributed by atoms with E-state index in [2.05, 4.69) is 37.8 Å². The molecular weight excluding hydrogens is 519 g/mol. The van der Waals surface area contributed by atoms with Crippen molar-refractivity contribution >= 4 is 41.7 Å². The first-order valence-corrected chi connectivity index (χ1v) is 11.2. The van der Waals surface area contributed by atoms with E-state index in [0.29, 0.717) is 0 Å². The van der Waals surface area contributed by atoms with Crippen LogP contribution in [0.1, 0.15) is 32.8 Å². The fourth-order valence-corrected chi connectivity index (χ4v) is 3.38. The van der Waals surface area contributed by atoms with Crippen molar-refractivity contribution in [2.24, 2.45) is 4.99 Å². The minimum Gasteiger partial charge on any atom is -0.444 e. The van der Waals surface area contributed by atoms with E-state index in [9.17, 15) is 4.79 Å². The van der Waals surface area contributed by atoms with E-state index in [4.69, 9.17) is 4.74 Å². The Morgan fingerprint density at radius 1 is 1.06 bits per heavy atom. The van der Waals surface area contributed by atoms with Gasteiger partial charge in [0.1, 0.15) is 5.60 Å². The average molecular weight is 561 g/mol. The molecule has 0 aliphatic carbocycles. The summed E-state index contributed by atoms with van der Waals surface area (Å²) in [4.78, 5) is 21.1. The summed E-state index contributed by atoms with van der Waals surface area (Å²) in [5, 5.41) is 9.53. The van der Waals surface area contributed by atoms with Gasteiger partial charge in [0.15, 0.2) is 5.96 Å². The Hall–Kier alpha value is -1.59. The summed E-state index contributed by atoms with van der Waals surface area (Å²) in [5.41, 5.74) is 1.40. The number of hydrogen-bond donors (Lipinski definition) is 3. The zero-order valence-electron chi connectivity index (χ0n) is 20.2. The maximum absolute atomic E-state index is 11.8. The van der Waals surface area contributed by atoms with Crippen molar-refractivity contribution in [1.29, 1.82) is 0 Å². The number of aliphatic imine (C=N–C) groups is 1. The highest BCUT2D eigenvalue weighted by Gasteiger charge is 2.16. The molecule has 0 saturated carbocycles. The molecule has 0 atom stereocenters. The molecule has 1 heterocycles. The predicted molar refractivity (Wildman–Crippen MR) is 143 cm³/mol. The van der Waals surface area contributed by atoms with Gasteiger partial charge in [-0.05, 0) is 71.4 Å². The van der Waals surface area contributed by atoms with Gasteiger partial charge in [0.25, 0.3) is 0 Å². The molecule has 1 amide bonds. The van der Waals surface area contributed by atoms with Gasteiger partial charge in [-0.15, -0.1) is 24.0 Å². The van der Waals surface area contributed by atoms with Crippen LogP contribution in [0.4, 0.5) is 10.5 Å². The largest absolute Gasteiger partial charge is 0.444 e. The summed E-state index contributed by atoms with van der Waals surface area (Å²) >= 11 is 0. The van der Waals surface area contributed by atoms with Crippen LogP contribution >= 0.6 is 24.0 Å². The van der Waals surface area contributed by atoms with Crippen LogP contribution in [0.2, 0.25) is 0 Å². The molecule has 3 N–H and O–H groups in total. The van der Waals surface area contributed by atoms with Crippen LogP contribution in [0.3, 0.4) is 0 Å². The van der Waals surface area contributed by atoms with Crippen LogP contribution in [0.25, 0.3) is 0 Å². The van der Waals surface area contributed by atoms with E-state index >= 15 is 0 Å². The van der Waals surface area contributed by atoms with Gasteiger partial charge in [-0.2, -0.15) is 0 Å². The van der Waals surface area contributed by atoms with Gasteiger partial charge in [0, 0.05) is 45.5 Å². The molecule has 0 radical (unpaired) electrons. The van der Waals surface area contributed by atoms with Crippen molar-refractivity contribution in [3.8, 4) is 0 Å². The molecule has 1 saturated heterocycles. The highest BCUT2D eigenvalue weighted by molar-refractivity contribution is 14.0. The highest BCUT2D eigenvalue weighted by Crippen LogP contribution is 2.13. The Bertz CT molecular complexity index is 705. The fraction of sp³-hybridized carbons (Fsp3) is 0.652. The van der Waals surface area contributed by atoms with Gasteiger partial charge in [0.2, 0.25) is 0 Å². The van der Waals surface area contributed by atoms with Crippen molar-refractivity contribution in [2.75, 3.05) is 65.2 Å². The fourth-order valence-electron chi connectivity index (χ4n) is 3.38. The topological polar surface area (TPSA) is 81.2 Å². The first-order chi connectivity index (χ1) is 14.7. The Balaban J connectivity index is 0.00000512. The second-order valence-electron chi connectivity index (χ2n) is 9.00. The van der Waals surface area contributed by atoms with Gasteiger partial charge >= 0.3 is 6.09 Å². The number of nitrogens with one attached hydrogen (secondary N) is 3. The third-order valence-corrected chi connectivity index (χ3v) is 5.06. The molecule has 0 bridgehead atoms. The van der Waals surface area contributed by atoms with Crippen molar-refractivity contribution < 1.29 is 9.53 Å². The minimum absolute atomic E-state index is 0. The Morgan fingerprint density at radius 3 is 2.41 bits per heavy atom. The predicted octanol–water partition coefficient (Wildman–Crippen LogP) is 3.00. The molecule has 0 aromatic heterocycles. The molecule has 8 nitrogen and oxygen atoms in total. The third kappa shape index (κ3) is 11.9. The number of guanidine groups is 1. The summed E-state index contributed by atoms with van der Waals surface area (Å²) in [5.74, 6) is 0.829. The van der Waals surface area contributed by atoms with E-state index in [1.54, 1.807) is 7.05 Å². The molecule has 182 valence electrons. The van der Waals surface area contributed by atoms with E-state index in [1.165, 1.54) is 18.5 Å². The number of rotatable bonds is 7. The second kappa shape index (κ2) is 14.5. The van der Waals surface area contributed by atoms with E-state index in [0.717, 1.165) is 57.3 Å². The molecule has 2 rings (SSSR count).